The molecule has 0 aromatic carbocycles. The number of pyridine rings is 1. The fourth-order valence-electron chi connectivity index (χ4n) is 4.44. The number of ether oxygens (including phenoxy) is 1. The summed E-state index contributed by atoms with van der Waals surface area (Å²) in [6.07, 6.45) is 5.00. The van der Waals surface area contributed by atoms with Crippen LogP contribution in [0, 0.1) is 12.8 Å². The lowest BCUT2D eigenvalue weighted by molar-refractivity contribution is 0.0302. The number of aromatic nitrogens is 1. The van der Waals surface area contributed by atoms with Gasteiger partial charge in [-0.15, -0.1) is 23.7 Å². The number of aryl methyl sites for hydroxylation is 2. The number of nitrogens with zero attached hydrogens (tertiary/aromatic N) is 2. The van der Waals surface area contributed by atoms with E-state index in [1.807, 2.05) is 24.0 Å². The maximum atomic E-state index is 13.5. The lowest BCUT2D eigenvalue weighted by atomic mass is 9.87. The molecular weight excluding hydrogens is 408 g/mol. The Hall–Kier alpha value is -1.89. The van der Waals surface area contributed by atoms with Gasteiger partial charge in [0, 0.05) is 28.9 Å². The number of carbonyl (C=O) groups excluding carboxylic acids is 1. The summed E-state index contributed by atoms with van der Waals surface area (Å²) in [7, 11) is 0. The van der Waals surface area contributed by atoms with E-state index < -0.39 is 0 Å². The average molecular weight is 433 g/mol. The standard InChI is InChI=1S/C22H24N2O3S.ClH/c1-13-5-6-15-17(12-13)28-21-19(15)20(16-4-3-9-27-16)18(14(2)23-21)22(25)24-7-10-26-11-8-24;/h3-4,9,13H,5-8,10-12H2,1-2H3;1H. The summed E-state index contributed by atoms with van der Waals surface area (Å²) in [6.45, 7) is 6.67. The molecule has 0 radical (unpaired) electrons. The molecule has 2 aliphatic rings. The minimum absolute atomic E-state index is 0. The van der Waals surface area contributed by atoms with Crippen molar-refractivity contribution in [3.8, 4) is 11.3 Å². The van der Waals surface area contributed by atoms with E-state index >= 15 is 0 Å². The third-order valence-corrected chi connectivity index (χ3v) is 7.05. The number of halogens is 1. The van der Waals surface area contributed by atoms with Gasteiger partial charge in [0.1, 0.15) is 10.6 Å². The Morgan fingerprint density at radius 2 is 2.10 bits per heavy atom. The van der Waals surface area contributed by atoms with Crippen LogP contribution in [0.1, 0.15) is 39.8 Å². The van der Waals surface area contributed by atoms with Crippen LogP contribution >= 0.6 is 23.7 Å². The highest BCUT2D eigenvalue weighted by Crippen LogP contribution is 2.44. The van der Waals surface area contributed by atoms with Crippen LogP contribution in [0.5, 0.6) is 0 Å². The van der Waals surface area contributed by atoms with E-state index in [4.69, 9.17) is 14.1 Å². The van der Waals surface area contributed by atoms with Crippen molar-refractivity contribution in [2.24, 2.45) is 5.92 Å². The number of furan rings is 1. The average Bonchev–Trinajstić information content (AvgIpc) is 3.34. The van der Waals surface area contributed by atoms with Crippen LogP contribution in [0.15, 0.2) is 22.8 Å². The first-order chi connectivity index (χ1) is 13.6. The molecule has 1 aliphatic carbocycles. The second-order valence-electron chi connectivity index (χ2n) is 7.86. The fourth-order valence-corrected chi connectivity index (χ4v) is 5.88. The lowest BCUT2D eigenvalue weighted by Crippen LogP contribution is -2.41. The molecule has 1 amide bonds. The van der Waals surface area contributed by atoms with Crippen molar-refractivity contribution in [3.63, 3.8) is 0 Å². The Labute approximate surface area is 180 Å². The molecule has 154 valence electrons. The van der Waals surface area contributed by atoms with Crippen LogP contribution in [0.3, 0.4) is 0 Å². The van der Waals surface area contributed by atoms with Gasteiger partial charge in [0.25, 0.3) is 5.91 Å². The molecule has 29 heavy (non-hydrogen) atoms. The Morgan fingerprint density at radius 1 is 1.31 bits per heavy atom. The number of fused-ring (bicyclic) bond motifs is 3. The summed E-state index contributed by atoms with van der Waals surface area (Å²) in [4.78, 5) is 22.7. The van der Waals surface area contributed by atoms with Gasteiger partial charge < -0.3 is 14.1 Å². The first-order valence-corrected chi connectivity index (χ1v) is 10.8. The third-order valence-electron chi connectivity index (χ3n) is 5.90. The van der Waals surface area contributed by atoms with E-state index in [9.17, 15) is 4.79 Å². The molecule has 0 spiro atoms. The molecule has 1 fully saturated rings. The molecule has 0 bridgehead atoms. The van der Waals surface area contributed by atoms with Gasteiger partial charge in [0.15, 0.2) is 0 Å². The van der Waals surface area contributed by atoms with Crippen molar-refractivity contribution in [3.05, 3.63) is 40.1 Å². The molecule has 5 nitrogen and oxygen atoms in total. The highest BCUT2D eigenvalue weighted by atomic mass is 35.5. The number of hydrogen-bond donors (Lipinski definition) is 0. The first kappa shape index (κ1) is 20.4. The number of rotatable bonds is 2. The maximum absolute atomic E-state index is 13.5. The molecule has 1 saturated heterocycles. The molecule has 3 aromatic rings. The lowest BCUT2D eigenvalue weighted by Gasteiger charge is -2.28. The quantitative estimate of drug-likeness (QED) is 0.578. The first-order valence-electron chi connectivity index (χ1n) is 9.99. The molecule has 5 rings (SSSR count). The molecule has 4 heterocycles. The van der Waals surface area contributed by atoms with Crippen LogP contribution in [-0.2, 0) is 17.6 Å². The molecule has 1 atom stereocenters. The van der Waals surface area contributed by atoms with Gasteiger partial charge in [-0.1, -0.05) is 6.92 Å². The smallest absolute Gasteiger partial charge is 0.256 e. The van der Waals surface area contributed by atoms with Crippen molar-refractivity contribution >= 4 is 39.9 Å². The Kier molecular flexibility index (Phi) is 5.69. The second kappa shape index (κ2) is 8.09. The van der Waals surface area contributed by atoms with E-state index in [0.717, 1.165) is 40.1 Å². The number of amides is 1. The SMILES string of the molecule is Cc1nc2sc3c(c2c(-c2ccco2)c1C(=O)N1CCOCC1)CCC(C)C3.Cl. The largest absolute Gasteiger partial charge is 0.464 e. The van der Waals surface area contributed by atoms with E-state index in [-0.39, 0.29) is 18.3 Å². The van der Waals surface area contributed by atoms with Gasteiger partial charge in [0.2, 0.25) is 0 Å². The van der Waals surface area contributed by atoms with Crippen LogP contribution in [-0.4, -0.2) is 42.1 Å². The Bertz CT molecular complexity index is 1040. The summed E-state index contributed by atoms with van der Waals surface area (Å²) in [5.74, 6) is 1.49. The minimum Gasteiger partial charge on any atom is -0.464 e. The van der Waals surface area contributed by atoms with Gasteiger partial charge in [-0.05, 0) is 49.8 Å². The zero-order valence-corrected chi connectivity index (χ0v) is 18.3. The summed E-state index contributed by atoms with van der Waals surface area (Å²) < 4.78 is 11.3. The maximum Gasteiger partial charge on any atom is 0.256 e. The normalized spacial score (nSPS) is 19.1. The molecule has 3 aromatic heterocycles. The molecule has 0 N–H and O–H groups in total. The summed E-state index contributed by atoms with van der Waals surface area (Å²) in [5, 5.41) is 1.13. The zero-order valence-electron chi connectivity index (χ0n) is 16.7. The number of morpholine rings is 1. The Balaban J connectivity index is 0.00000205. The van der Waals surface area contributed by atoms with Crippen LogP contribution < -0.4 is 0 Å². The van der Waals surface area contributed by atoms with E-state index in [1.54, 1.807) is 17.6 Å². The van der Waals surface area contributed by atoms with Gasteiger partial charge in [-0.3, -0.25) is 4.79 Å². The molecule has 1 aliphatic heterocycles. The highest BCUT2D eigenvalue weighted by Gasteiger charge is 2.31. The number of hydrogen-bond acceptors (Lipinski definition) is 5. The second-order valence-corrected chi connectivity index (χ2v) is 8.94. The summed E-state index contributed by atoms with van der Waals surface area (Å²) in [5.41, 5.74) is 3.76. The summed E-state index contributed by atoms with van der Waals surface area (Å²) >= 11 is 1.79. The van der Waals surface area contributed by atoms with Crippen molar-refractivity contribution in [1.29, 1.82) is 0 Å². The summed E-state index contributed by atoms with van der Waals surface area (Å²) in [6, 6.07) is 3.85. The van der Waals surface area contributed by atoms with Crippen molar-refractivity contribution < 1.29 is 13.9 Å². The highest BCUT2D eigenvalue weighted by molar-refractivity contribution is 7.19. The van der Waals surface area contributed by atoms with Gasteiger partial charge in [-0.25, -0.2) is 4.98 Å². The monoisotopic (exact) mass is 432 g/mol. The third kappa shape index (κ3) is 3.47. The van der Waals surface area contributed by atoms with Gasteiger partial charge >= 0.3 is 0 Å². The molecule has 1 unspecified atom stereocenters. The topological polar surface area (TPSA) is 55.6 Å². The number of carbonyl (C=O) groups is 1. The van der Waals surface area contributed by atoms with Crippen LogP contribution in [0.2, 0.25) is 0 Å². The van der Waals surface area contributed by atoms with Gasteiger partial charge in [0.05, 0.1) is 30.7 Å². The van der Waals surface area contributed by atoms with Gasteiger partial charge in [-0.2, -0.15) is 0 Å². The van der Waals surface area contributed by atoms with E-state index in [1.165, 1.54) is 16.9 Å². The van der Waals surface area contributed by atoms with Crippen molar-refractivity contribution in [2.75, 3.05) is 26.3 Å². The molecular formula is C22H25ClN2O3S. The predicted molar refractivity (Wildman–Crippen MR) is 117 cm³/mol. The molecule has 0 saturated carbocycles. The van der Waals surface area contributed by atoms with Crippen molar-refractivity contribution in [2.45, 2.75) is 33.1 Å². The van der Waals surface area contributed by atoms with E-state index in [0.29, 0.717) is 37.8 Å². The van der Waals surface area contributed by atoms with Crippen LogP contribution in [0.25, 0.3) is 21.5 Å². The molecule has 7 heteroatoms. The minimum atomic E-state index is 0. The Morgan fingerprint density at radius 3 is 2.83 bits per heavy atom. The van der Waals surface area contributed by atoms with Crippen LogP contribution in [0.4, 0.5) is 0 Å². The van der Waals surface area contributed by atoms with Crippen molar-refractivity contribution in [1.82, 2.24) is 9.88 Å². The fraction of sp³-hybridized carbons (Fsp3) is 0.455. The van der Waals surface area contributed by atoms with E-state index in [2.05, 4.69) is 6.92 Å². The number of thiophene rings is 1. The zero-order chi connectivity index (χ0) is 19.3. The predicted octanol–water partition coefficient (Wildman–Crippen LogP) is 4.88.